The maximum absolute atomic E-state index is 11.1. The first-order valence-corrected chi connectivity index (χ1v) is 6.00. The average molecular weight is 252 g/mol. The summed E-state index contributed by atoms with van der Waals surface area (Å²) in [7, 11) is 0. The molecule has 16 heavy (non-hydrogen) atoms. The number of nitrogens with two attached hydrogens (primary N) is 2. The van der Waals surface area contributed by atoms with Gasteiger partial charge in [0.1, 0.15) is 5.51 Å². The van der Waals surface area contributed by atoms with E-state index in [-0.39, 0.29) is 0 Å². The Kier molecular flexibility index (Phi) is 3.07. The number of amides is 1. The third kappa shape index (κ3) is 2.31. The number of nitrogens with zero attached hydrogens (tertiary/aromatic N) is 2. The first kappa shape index (κ1) is 10.9. The lowest BCUT2D eigenvalue weighted by Gasteiger charge is -2.03. The van der Waals surface area contributed by atoms with Gasteiger partial charge in [-0.1, -0.05) is 23.1 Å². The van der Waals surface area contributed by atoms with E-state index in [9.17, 15) is 4.79 Å². The van der Waals surface area contributed by atoms with Gasteiger partial charge >= 0.3 is 0 Å². The van der Waals surface area contributed by atoms with Crippen molar-refractivity contribution in [1.29, 1.82) is 0 Å². The highest BCUT2D eigenvalue weighted by Gasteiger charge is 2.08. The van der Waals surface area contributed by atoms with Crippen molar-refractivity contribution in [1.82, 2.24) is 10.2 Å². The molecule has 7 heteroatoms. The molecular weight excluding hydrogens is 244 g/mol. The standard InChI is InChI=1S/C9H8N4OS2/c10-7-2-1-5(3-6(7)8(11)14)16-9-13-12-4-15-9/h1-4H,10H2,(H2,11,14). The van der Waals surface area contributed by atoms with Gasteiger partial charge in [-0.2, -0.15) is 0 Å². The summed E-state index contributed by atoms with van der Waals surface area (Å²) in [4.78, 5) is 11.9. The highest BCUT2D eigenvalue weighted by atomic mass is 32.2. The van der Waals surface area contributed by atoms with Gasteiger partial charge in [-0.3, -0.25) is 4.79 Å². The van der Waals surface area contributed by atoms with Gasteiger partial charge in [0.15, 0.2) is 4.34 Å². The second-order valence-corrected chi connectivity index (χ2v) is 5.07. The van der Waals surface area contributed by atoms with Gasteiger partial charge in [0.05, 0.1) is 5.56 Å². The SMILES string of the molecule is NC(=O)c1cc(Sc2nncs2)ccc1N. The zero-order valence-electron chi connectivity index (χ0n) is 8.08. The van der Waals surface area contributed by atoms with Crippen molar-refractivity contribution in [3.05, 3.63) is 29.3 Å². The fraction of sp³-hybridized carbons (Fsp3) is 0. The smallest absolute Gasteiger partial charge is 0.250 e. The van der Waals surface area contributed by atoms with E-state index in [1.165, 1.54) is 23.1 Å². The molecule has 0 fully saturated rings. The van der Waals surface area contributed by atoms with Crippen molar-refractivity contribution >= 4 is 34.7 Å². The second kappa shape index (κ2) is 4.50. The molecule has 1 heterocycles. The molecule has 1 aromatic carbocycles. The number of hydrogen-bond acceptors (Lipinski definition) is 6. The monoisotopic (exact) mass is 252 g/mol. The maximum atomic E-state index is 11.1. The number of primary amides is 1. The van der Waals surface area contributed by atoms with Crippen LogP contribution < -0.4 is 11.5 Å². The largest absolute Gasteiger partial charge is 0.398 e. The van der Waals surface area contributed by atoms with E-state index < -0.39 is 5.91 Å². The van der Waals surface area contributed by atoms with Gasteiger partial charge in [0.2, 0.25) is 0 Å². The molecule has 2 rings (SSSR count). The highest BCUT2D eigenvalue weighted by Crippen LogP contribution is 2.30. The van der Waals surface area contributed by atoms with Crippen LogP contribution in [0.2, 0.25) is 0 Å². The molecular formula is C9H8N4OS2. The summed E-state index contributed by atoms with van der Waals surface area (Å²) in [5.74, 6) is -0.530. The molecule has 1 amide bonds. The molecule has 82 valence electrons. The van der Waals surface area contributed by atoms with Gasteiger partial charge in [0.25, 0.3) is 5.91 Å². The summed E-state index contributed by atoms with van der Waals surface area (Å²) in [5.41, 5.74) is 13.2. The molecule has 0 bridgehead atoms. The number of rotatable bonds is 3. The van der Waals surface area contributed by atoms with Gasteiger partial charge < -0.3 is 11.5 Å². The maximum Gasteiger partial charge on any atom is 0.250 e. The Morgan fingerprint density at radius 1 is 1.44 bits per heavy atom. The Bertz CT molecular complexity index is 512. The molecule has 0 saturated carbocycles. The van der Waals surface area contributed by atoms with Crippen LogP contribution in [0.3, 0.4) is 0 Å². The molecule has 0 spiro atoms. The molecule has 0 aliphatic carbocycles. The van der Waals surface area contributed by atoms with Crippen LogP contribution in [0, 0.1) is 0 Å². The van der Waals surface area contributed by atoms with Gasteiger partial charge in [-0.25, -0.2) is 0 Å². The van der Waals surface area contributed by atoms with E-state index in [1.54, 1.807) is 17.6 Å². The van der Waals surface area contributed by atoms with Gasteiger partial charge in [0, 0.05) is 10.6 Å². The van der Waals surface area contributed by atoms with Crippen LogP contribution >= 0.6 is 23.1 Å². The van der Waals surface area contributed by atoms with Crippen LogP contribution in [-0.4, -0.2) is 16.1 Å². The molecule has 2 aromatic rings. The first-order chi connectivity index (χ1) is 7.66. The molecule has 4 N–H and O–H groups in total. The van der Waals surface area contributed by atoms with Crippen LogP contribution in [0.25, 0.3) is 0 Å². The molecule has 0 saturated heterocycles. The third-order valence-electron chi connectivity index (χ3n) is 1.84. The number of nitrogen functional groups attached to an aromatic ring is 1. The van der Waals surface area contributed by atoms with Crippen LogP contribution in [0.1, 0.15) is 10.4 Å². The van der Waals surface area contributed by atoms with Crippen LogP contribution in [0.5, 0.6) is 0 Å². The predicted octanol–water partition coefficient (Wildman–Crippen LogP) is 1.37. The number of aromatic nitrogens is 2. The molecule has 0 unspecified atom stereocenters. The van der Waals surface area contributed by atoms with E-state index in [0.29, 0.717) is 11.3 Å². The number of carbonyl (C=O) groups is 1. The normalized spacial score (nSPS) is 10.2. The van der Waals surface area contributed by atoms with Crippen LogP contribution in [0.4, 0.5) is 5.69 Å². The number of carbonyl (C=O) groups excluding carboxylic acids is 1. The van der Waals surface area contributed by atoms with Crippen LogP contribution in [-0.2, 0) is 0 Å². The lowest BCUT2D eigenvalue weighted by Crippen LogP contribution is -2.13. The fourth-order valence-electron chi connectivity index (χ4n) is 1.12. The number of benzene rings is 1. The van der Waals surface area contributed by atoms with E-state index in [4.69, 9.17) is 11.5 Å². The first-order valence-electron chi connectivity index (χ1n) is 4.30. The van der Waals surface area contributed by atoms with Crippen molar-refractivity contribution in [2.24, 2.45) is 5.73 Å². The Morgan fingerprint density at radius 3 is 2.88 bits per heavy atom. The van der Waals surface area contributed by atoms with E-state index in [2.05, 4.69) is 10.2 Å². The Morgan fingerprint density at radius 2 is 2.25 bits per heavy atom. The van der Waals surface area contributed by atoms with E-state index in [1.807, 2.05) is 6.07 Å². The number of hydrogen-bond donors (Lipinski definition) is 2. The van der Waals surface area contributed by atoms with Crippen molar-refractivity contribution in [2.45, 2.75) is 9.24 Å². The minimum atomic E-state index is -0.530. The van der Waals surface area contributed by atoms with Crippen molar-refractivity contribution in [2.75, 3.05) is 5.73 Å². The minimum Gasteiger partial charge on any atom is -0.398 e. The highest BCUT2D eigenvalue weighted by molar-refractivity contribution is 8.01. The Balaban J connectivity index is 2.29. The molecule has 5 nitrogen and oxygen atoms in total. The average Bonchev–Trinajstić information content (AvgIpc) is 2.73. The van der Waals surface area contributed by atoms with E-state index >= 15 is 0 Å². The molecule has 1 aromatic heterocycles. The Labute approximate surface area is 99.9 Å². The lowest BCUT2D eigenvalue weighted by atomic mass is 10.2. The van der Waals surface area contributed by atoms with Crippen molar-refractivity contribution in [3.8, 4) is 0 Å². The van der Waals surface area contributed by atoms with Gasteiger partial charge in [-0.15, -0.1) is 10.2 Å². The molecule has 0 aliphatic heterocycles. The minimum absolute atomic E-state index is 0.328. The second-order valence-electron chi connectivity index (χ2n) is 2.92. The summed E-state index contributed by atoms with van der Waals surface area (Å²) in [6, 6.07) is 5.13. The summed E-state index contributed by atoms with van der Waals surface area (Å²) in [6.45, 7) is 0. The van der Waals surface area contributed by atoms with Crippen molar-refractivity contribution < 1.29 is 4.79 Å². The summed E-state index contributed by atoms with van der Waals surface area (Å²) in [5, 5.41) is 7.62. The third-order valence-corrected chi connectivity index (χ3v) is 3.60. The molecule has 0 aliphatic rings. The number of anilines is 1. The zero-order valence-corrected chi connectivity index (χ0v) is 9.72. The predicted molar refractivity (Wildman–Crippen MR) is 63.4 cm³/mol. The summed E-state index contributed by atoms with van der Waals surface area (Å²) < 4.78 is 0.806. The topological polar surface area (TPSA) is 94.9 Å². The quantitative estimate of drug-likeness (QED) is 0.804. The zero-order chi connectivity index (χ0) is 11.5. The fourth-order valence-corrected chi connectivity index (χ4v) is 2.61. The molecule has 0 atom stereocenters. The van der Waals surface area contributed by atoms with E-state index in [0.717, 1.165) is 9.24 Å². The molecule has 0 radical (unpaired) electrons. The summed E-state index contributed by atoms with van der Waals surface area (Å²) in [6.07, 6.45) is 0. The summed E-state index contributed by atoms with van der Waals surface area (Å²) >= 11 is 2.85. The van der Waals surface area contributed by atoms with Crippen LogP contribution in [0.15, 0.2) is 32.9 Å². The lowest BCUT2D eigenvalue weighted by molar-refractivity contribution is 0.100. The van der Waals surface area contributed by atoms with Crippen molar-refractivity contribution in [3.63, 3.8) is 0 Å². The van der Waals surface area contributed by atoms with Gasteiger partial charge in [-0.05, 0) is 18.2 Å². The Hall–Kier alpha value is -1.60.